The van der Waals surface area contributed by atoms with Gasteiger partial charge >= 0.3 is 6.18 Å². The second kappa shape index (κ2) is 10.5. The molecular weight excluding hydrogens is 527 g/mol. The van der Waals surface area contributed by atoms with Crippen molar-refractivity contribution in [2.45, 2.75) is 57.5 Å². The lowest BCUT2D eigenvalue weighted by Gasteiger charge is -2.27. The smallest absolute Gasteiger partial charge is 0.343 e. The molecule has 3 heterocycles. The SMILES string of the molecule is CCS(=O)(=O)c1cnc(CNC(=O)c2nc3c(s2)CN(Cc2ccc(C(F)(F)F)cc2)[C@H]3C(C)C)nc1. The molecule has 1 aliphatic rings. The molecule has 1 N–H and O–H groups in total. The molecule has 0 fully saturated rings. The molecule has 0 radical (unpaired) electrons. The monoisotopic (exact) mass is 553 g/mol. The van der Waals surface area contributed by atoms with E-state index in [1.807, 2.05) is 13.8 Å². The van der Waals surface area contributed by atoms with E-state index in [-0.39, 0.29) is 40.9 Å². The number of nitrogens with zero attached hydrogens (tertiary/aromatic N) is 4. The molecule has 198 valence electrons. The Hall–Kier alpha value is -2.90. The van der Waals surface area contributed by atoms with Crippen LogP contribution in [0.15, 0.2) is 41.6 Å². The number of hydrogen-bond donors (Lipinski definition) is 1. The molecule has 1 amide bonds. The zero-order valence-corrected chi connectivity index (χ0v) is 22.0. The standard InChI is InChI=1S/C24H26F3N5O3S2/c1-4-37(34,35)17-9-28-19(29-10-17)11-30-22(33)23-31-20-18(36-23)13-32(21(20)14(2)3)12-15-5-7-16(8-6-15)24(25,26)27/h5-10,14,21H,4,11-13H2,1-3H3,(H,30,33)/t21-/m0/s1. The predicted molar refractivity (Wildman–Crippen MR) is 131 cm³/mol. The summed E-state index contributed by atoms with van der Waals surface area (Å²) in [6.45, 7) is 6.64. The number of carbonyl (C=O) groups is 1. The van der Waals surface area contributed by atoms with Gasteiger partial charge in [-0.15, -0.1) is 11.3 Å². The first-order chi connectivity index (χ1) is 17.4. The number of aromatic nitrogens is 3. The lowest BCUT2D eigenvalue weighted by molar-refractivity contribution is -0.137. The fourth-order valence-corrected chi connectivity index (χ4v) is 5.99. The van der Waals surface area contributed by atoms with Gasteiger partial charge in [0.1, 0.15) is 10.7 Å². The number of carbonyl (C=O) groups excluding carboxylic acids is 1. The lowest BCUT2D eigenvalue weighted by Crippen LogP contribution is -2.27. The maximum atomic E-state index is 12.9. The number of halogens is 3. The molecule has 0 saturated carbocycles. The third kappa shape index (κ3) is 5.99. The van der Waals surface area contributed by atoms with Crippen LogP contribution < -0.4 is 5.32 Å². The van der Waals surface area contributed by atoms with Crippen molar-refractivity contribution in [1.29, 1.82) is 0 Å². The van der Waals surface area contributed by atoms with Gasteiger partial charge in [-0.25, -0.2) is 23.4 Å². The van der Waals surface area contributed by atoms with Gasteiger partial charge in [0.25, 0.3) is 5.91 Å². The van der Waals surface area contributed by atoms with Gasteiger partial charge in [-0.1, -0.05) is 32.9 Å². The van der Waals surface area contributed by atoms with E-state index in [1.165, 1.54) is 42.8 Å². The first-order valence-corrected chi connectivity index (χ1v) is 14.1. The molecule has 1 aliphatic heterocycles. The van der Waals surface area contributed by atoms with E-state index in [4.69, 9.17) is 0 Å². The third-order valence-electron chi connectivity index (χ3n) is 6.07. The van der Waals surface area contributed by atoms with Crippen LogP contribution in [-0.2, 0) is 35.6 Å². The number of hydrogen-bond acceptors (Lipinski definition) is 8. The summed E-state index contributed by atoms with van der Waals surface area (Å²) >= 11 is 1.28. The molecule has 1 atom stereocenters. The van der Waals surface area contributed by atoms with Crippen molar-refractivity contribution in [3.63, 3.8) is 0 Å². The topological polar surface area (TPSA) is 105 Å². The van der Waals surface area contributed by atoms with Crippen molar-refractivity contribution >= 4 is 27.1 Å². The molecule has 0 saturated heterocycles. The van der Waals surface area contributed by atoms with E-state index in [0.717, 1.165) is 28.3 Å². The van der Waals surface area contributed by atoms with Crippen molar-refractivity contribution in [3.05, 3.63) is 69.2 Å². The highest BCUT2D eigenvalue weighted by Gasteiger charge is 2.37. The highest BCUT2D eigenvalue weighted by molar-refractivity contribution is 7.91. The van der Waals surface area contributed by atoms with E-state index in [0.29, 0.717) is 18.1 Å². The maximum Gasteiger partial charge on any atom is 0.416 e. The largest absolute Gasteiger partial charge is 0.416 e. The minimum atomic E-state index is -4.37. The Morgan fingerprint density at radius 2 is 1.84 bits per heavy atom. The minimum Gasteiger partial charge on any atom is -0.343 e. The summed E-state index contributed by atoms with van der Waals surface area (Å²) in [5, 5.41) is 3.02. The Labute approximate surface area is 216 Å². The van der Waals surface area contributed by atoms with Crippen LogP contribution in [0.1, 0.15) is 64.1 Å². The Balaban J connectivity index is 1.41. The number of benzene rings is 1. The fourth-order valence-electron chi connectivity index (χ4n) is 4.18. The average molecular weight is 554 g/mol. The molecule has 0 unspecified atom stereocenters. The average Bonchev–Trinajstić information content (AvgIpc) is 3.40. The van der Waals surface area contributed by atoms with E-state index in [9.17, 15) is 26.4 Å². The third-order valence-corrected chi connectivity index (χ3v) is 8.81. The number of thiazole rings is 1. The zero-order chi connectivity index (χ0) is 27.0. The molecule has 0 spiro atoms. The van der Waals surface area contributed by atoms with Crippen LogP contribution in [0.25, 0.3) is 0 Å². The molecule has 4 rings (SSSR count). The zero-order valence-electron chi connectivity index (χ0n) is 20.4. The number of fused-ring (bicyclic) bond motifs is 1. The molecule has 0 aliphatic carbocycles. The van der Waals surface area contributed by atoms with E-state index < -0.39 is 21.6 Å². The Morgan fingerprint density at radius 1 is 1.19 bits per heavy atom. The molecular formula is C24H26F3N5O3S2. The van der Waals surface area contributed by atoms with Gasteiger partial charge in [0.15, 0.2) is 14.8 Å². The van der Waals surface area contributed by atoms with Crippen LogP contribution in [0.5, 0.6) is 0 Å². The van der Waals surface area contributed by atoms with Crippen LogP contribution in [-0.4, -0.2) is 39.9 Å². The van der Waals surface area contributed by atoms with Crippen LogP contribution in [0.4, 0.5) is 13.2 Å². The van der Waals surface area contributed by atoms with Crippen molar-refractivity contribution in [2.75, 3.05) is 5.75 Å². The molecule has 0 bridgehead atoms. The van der Waals surface area contributed by atoms with Gasteiger partial charge in [0.05, 0.1) is 29.6 Å². The highest BCUT2D eigenvalue weighted by atomic mass is 32.2. The number of nitrogens with one attached hydrogen (secondary N) is 1. The summed E-state index contributed by atoms with van der Waals surface area (Å²) in [5.74, 6) is 0.000616. The normalized spacial score (nSPS) is 16.2. The molecule has 2 aromatic heterocycles. The Kier molecular flexibility index (Phi) is 7.67. The Morgan fingerprint density at radius 3 is 2.41 bits per heavy atom. The van der Waals surface area contributed by atoms with Gasteiger partial charge < -0.3 is 5.32 Å². The van der Waals surface area contributed by atoms with E-state index in [1.54, 1.807) is 0 Å². The highest BCUT2D eigenvalue weighted by Crippen LogP contribution is 2.42. The molecule has 3 aromatic rings. The van der Waals surface area contributed by atoms with Crippen LogP contribution >= 0.6 is 11.3 Å². The quantitative estimate of drug-likeness (QED) is 0.441. The van der Waals surface area contributed by atoms with Gasteiger partial charge in [-0.2, -0.15) is 13.2 Å². The van der Waals surface area contributed by atoms with Gasteiger partial charge in [-0.05, 0) is 23.6 Å². The summed E-state index contributed by atoms with van der Waals surface area (Å²) < 4.78 is 62.4. The predicted octanol–water partition coefficient (Wildman–Crippen LogP) is 4.39. The van der Waals surface area contributed by atoms with E-state index in [2.05, 4.69) is 25.2 Å². The lowest BCUT2D eigenvalue weighted by atomic mass is 10.0. The second-order valence-corrected chi connectivity index (χ2v) is 12.4. The molecule has 8 nitrogen and oxygen atoms in total. The first kappa shape index (κ1) is 27.1. The summed E-state index contributed by atoms with van der Waals surface area (Å²) in [5.41, 5.74) is 0.897. The van der Waals surface area contributed by atoms with Crippen molar-refractivity contribution in [1.82, 2.24) is 25.2 Å². The fraction of sp³-hybridized carbons (Fsp3) is 0.417. The van der Waals surface area contributed by atoms with Crippen LogP contribution in [0.3, 0.4) is 0 Å². The summed E-state index contributed by atoms with van der Waals surface area (Å²) in [6, 6.07) is 5.08. The van der Waals surface area contributed by atoms with Gasteiger partial charge in [0, 0.05) is 30.4 Å². The molecule has 1 aromatic carbocycles. The molecule has 37 heavy (non-hydrogen) atoms. The van der Waals surface area contributed by atoms with Crippen LogP contribution in [0, 0.1) is 5.92 Å². The van der Waals surface area contributed by atoms with E-state index >= 15 is 0 Å². The van der Waals surface area contributed by atoms with Gasteiger partial charge in [0.2, 0.25) is 0 Å². The number of alkyl halides is 3. The van der Waals surface area contributed by atoms with Crippen molar-refractivity contribution in [2.24, 2.45) is 5.92 Å². The number of sulfone groups is 1. The van der Waals surface area contributed by atoms with Crippen LogP contribution in [0.2, 0.25) is 0 Å². The first-order valence-electron chi connectivity index (χ1n) is 11.6. The minimum absolute atomic E-state index is 0.0171. The molecule has 13 heteroatoms. The second-order valence-electron chi connectivity index (χ2n) is 9.04. The maximum absolute atomic E-state index is 12.9. The summed E-state index contributed by atoms with van der Waals surface area (Å²) in [7, 11) is -3.40. The van der Waals surface area contributed by atoms with Crippen molar-refractivity contribution < 1.29 is 26.4 Å². The van der Waals surface area contributed by atoms with Crippen molar-refractivity contribution in [3.8, 4) is 0 Å². The summed E-state index contributed by atoms with van der Waals surface area (Å²) in [6.07, 6.45) is -1.92. The number of amides is 1. The Bertz CT molecular complexity index is 1370. The number of rotatable bonds is 8. The van der Waals surface area contributed by atoms with Gasteiger partial charge in [-0.3, -0.25) is 9.69 Å². The summed E-state index contributed by atoms with van der Waals surface area (Å²) in [4.78, 5) is 28.5.